The highest BCUT2D eigenvalue weighted by Gasteiger charge is 2.24. The number of phenolic OH excluding ortho intramolecular Hbond substituents is 1. The average Bonchev–Trinajstić information content (AvgIpc) is 2.76. The first-order valence-corrected chi connectivity index (χ1v) is 10.8. The SMILES string of the molecule is Cc1c(CC(=O)NC2CC[NH+](Cc3ccccc3)CC2)c(=O)oc2c(C)c(O)ccc12. The van der Waals surface area contributed by atoms with Gasteiger partial charge in [-0.1, -0.05) is 30.3 Å². The molecule has 1 amide bonds. The van der Waals surface area contributed by atoms with Gasteiger partial charge in [0.2, 0.25) is 5.91 Å². The van der Waals surface area contributed by atoms with Crippen LogP contribution in [0.25, 0.3) is 11.0 Å². The summed E-state index contributed by atoms with van der Waals surface area (Å²) in [7, 11) is 0. The molecule has 1 aliphatic rings. The summed E-state index contributed by atoms with van der Waals surface area (Å²) in [5.74, 6) is -0.0666. The second-order valence-corrected chi connectivity index (χ2v) is 8.51. The van der Waals surface area contributed by atoms with E-state index in [1.54, 1.807) is 19.1 Å². The van der Waals surface area contributed by atoms with Crippen LogP contribution in [0.5, 0.6) is 5.75 Å². The fraction of sp³-hybridized carbons (Fsp3) is 0.360. The third-order valence-electron chi connectivity index (χ3n) is 6.37. The van der Waals surface area contributed by atoms with Crippen LogP contribution in [0.3, 0.4) is 0 Å². The lowest BCUT2D eigenvalue weighted by molar-refractivity contribution is -0.918. The highest BCUT2D eigenvalue weighted by atomic mass is 16.4. The number of likely N-dealkylation sites (tertiary alicyclic amines) is 1. The summed E-state index contributed by atoms with van der Waals surface area (Å²) in [5, 5.41) is 13.7. The average molecular weight is 422 g/mol. The Labute approximate surface area is 181 Å². The van der Waals surface area contributed by atoms with Crippen LogP contribution in [0, 0.1) is 13.8 Å². The van der Waals surface area contributed by atoms with E-state index in [1.165, 1.54) is 10.5 Å². The molecule has 0 bridgehead atoms. The zero-order valence-corrected chi connectivity index (χ0v) is 18.0. The molecule has 3 aromatic rings. The van der Waals surface area contributed by atoms with Crippen molar-refractivity contribution in [3.8, 4) is 5.75 Å². The maximum Gasteiger partial charge on any atom is 0.340 e. The number of hydrogen-bond donors (Lipinski definition) is 3. The van der Waals surface area contributed by atoms with E-state index in [4.69, 9.17) is 4.42 Å². The molecule has 31 heavy (non-hydrogen) atoms. The summed E-state index contributed by atoms with van der Waals surface area (Å²) in [5.41, 5.74) is 2.82. The first-order chi connectivity index (χ1) is 14.9. The van der Waals surface area contributed by atoms with Gasteiger partial charge in [-0.2, -0.15) is 0 Å². The molecule has 6 nitrogen and oxygen atoms in total. The van der Waals surface area contributed by atoms with E-state index in [9.17, 15) is 14.7 Å². The molecular formula is C25H29N2O4+. The van der Waals surface area contributed by atoms with Crippen LogP contribution in [0.1, 0.15) is 35.1 Å². The largest absolute Gasteiger partial charge is 0.508 e. The van der Waals surface area contributed by atoms with Crippen LogP contribution < -0.4 is 15.8 Å². The van der Waals surface area contributed by atoms with Crippen molar-refractivity contribution in [2.75, 3.05) is 13.1 Å². The van der Waals surface area contributed by atoms with Gasteiger partial charge in [-0.05, 0) is 31.5 Å². The Morgan fingerprint density at radius 2 is 1.81 bits per heavy atom. The number of quaternary nitrogens is 1. The number of fused-ring (bicyclic) bond motifs is 1. The quantitative estimate of drug-likeness (QED) is 0.551. The van der Waals surface area contributed by atoms with E-state index in [0.717, 1.165) is 43.4 Å². The van der Waals surface area contributed by atoms with Crippen LogP contribution in [-0.2, 0) is 17.8 Å². The highest BCUT2D eigenvalue weighted by Crippen LogP contribution is 2.28. The van der Waals surface area contributed by atoms with E-state index < -0.39 is 5.63 Å². The first-order valence-electron chi connectivity index (χ1n) is 10.8. The van der Waals surface area contributed by atoms with Crippen molar-refractivity contribution < 1.29 is 19.2 Å². The topological polar surface area (TPSA) is 84.0 Å². The zero-order valence-electron chi connectivity index (χ0n) is 18.0. The molecule has 0 saturated carbocycles. The Hall–Kier alpha value is -3.12. The van der Waals surface area contributed by atoms with Crippen molar-refractivity contribution in [3.05, 3.63) is 75.1 Å². The van der Waals surface area contributed by atoms with Gasteiger partial charge in [-0.25, -0.2) is 4.79 Å². The molecule has 2 aromatic carbocycles. The summed E-state index contributed by atoms with van der Waals surface area (Å²) in [6, 6.07) is 13.9. The minimum atomic E-state index is -0.518. The van der Waals surface area contributed by atoms with Gasteiger partial charge in [0.1, 0.15) is 17.9 Å². The van der Waals surface area contributed by atoms with Crippen molar-refractivity contribution >= 4 is 16.9 Å². The summed E-state index contributed by atoms with van der Waals surface area (Å²) in [6.45, 7) is 6.57. The van der Waals surface area contributed by atoms with Crippen LogP contribution in [-0.4, -0.2) is 30.1 Å². The molecule has 0 atom stereocenters. The number of aryl methyl sites for hydroxylation is 2. The molecule has 0 radical (unpaired) electrons. The molecule has 3 N–H and O–H groups in total. The molecule has 0 unspecified atom stereocenters. The van der Waals surface area contributed by atoms with Gasteiger partial charge in [-0.3, -0.25) is 4.79 Å². The summed E-state index contributed by atoms with van der Waals surface area (Å²) in [4.78, 5) is 26.7. The number of nitrogens with one attached hydrogen (secondary N) is 2. The second kappa shape index (κ2) is 8.94. The molecule has 1 saturated heterocycles. The molecule has 1 aliphatic heterocycles. The zero-order chi connectivity index (χ0) is 22.0. The third kappa shape index (κ3) is 4.64. The van der Waals surface area contributed by atoms with Crippen molar-refractivity contribution in [2.24, 2.45) is 0 Å². The predicted octanol–water partition coefficient (Wildman–Crippen LogP) is 2.02. The Balaban J connectivity index is 1.38. The monoisotopic (exact) mass is 421 g/mol. The number of phenols is 1. The summed E-state index contributed by atoms with van der Waals surface area (Å²) >= 11 is 0. The lowest BCUT2D eigenvalue weighted by atomic mass is 10.00. The standard InChI is InChI=1S/C25H28N2O4/c1-16-20-8-9-22(28)17(2)24(20)31-25(30)21(16)14-23(29)26-19-10-12-27(13-11-19)15-18-6-4-3-5-7-18/h3-9,19,28H,10-15H2,1-2H3,(H,26,29)/p+1. The van der Waals surface area contributed by atoms with Crippen molar-refractivity contribution in [3.63, 3.8) is 0 Å². The van der Waals surface area contributed by atoms with E-state index in [2.05, 4.69) is 29.6 Å². The van der Waals surface area contributed by atoms with E-state index in [1.807, 2.05) is 13.0 Å². The molecule has 4 rings (SSSR count). The lowest BCUT2D eigenvalue weighted by Gasteiger charge is -2.29. The first kappa shape index (κ1) is 21.1. The van der Waals surface area contributed by atoms with Gasteiger partial charge in [0.25, 0.3) is 0 Å². The fourth-order valence-corrected chi connectivity index (χ4v) is 4.45. The lowest BCUT2D eigenvalue weighted by Crippen LogP contribution is -3.12. The molecular weight excluding hydrogens is 392 g/mol. The van der Waals surface area contributed by atoms with Crippen LogP contribution in [0.15, 0.2) is 51.7 Å². The molecule has 1 fully saturated rings. The highest BCUT2D eigenvalue weighted by molar-refractivity contribution is 5.87. The minimum Gasteiger partial charge on any atom is -0.508 e. The van der Waals surface area contributed by atoms with E-state index in [-0.39, 0.29) is 24.1 Å². The van der Waals surface area contributed by atoms with Crippen molar-refractivity contribution in [1.29, 1.82) is 0 Å². The van der Waals surface area contributed by atoms with Gasteiger partial charge in [0, 0.05) is 35.4 Å². The molecule has 1 aromatic heterocycles. The van der Waals surface area contributed by atoms with Gasteiger partial charge in [-0.15, -0.1) is 0 Å². The molecule has 0 spiro atoms. The maximum absolute atomic E-state index is 12.7. The van der Waals surface area contributed by atoms with Gasteiger partial charge >= 0.3 is 5.63 Å². The summed E-state index contributed by atoms with van der Waals surface area (Å²) < 4.78 is 5.45. The van der Waals surface area contributed by atoms with E-state index in [0.29, 0.717) is 16.7 Å². The van der Waals surface area contributed by atoms with Crippen LogP contribution in [0.2, 0.25) is 0 Å². The Kier molecular flexibility index (Phi) is 6.09. The van der Waals surface area contributed by atoms with Crippen LogP contribution >= 0.6 is 0 Å². The second-order valence-electron chi connectivity index (χ2n) is 8.51. The number of piperidine rings is 1. The predicted molar refractivity (Wildman–Crippen MR) is 119 cm³/mol. The molecule has 0 aliphatic carbocycles. The normalized spacial score (nSPS) is 18.8. The van der Waals surface area contributed by atoms with Crippen molar-refractivity contribution in [1.82, 2.24) is 5.32 Å². The van der Waals surface area contributed by atoms with Gasteiger partial charge in [0.05, 0.1) is 25.1 Å². The Morgan fingerprint density at radius 3 is 2.52 bits per heavy atom. The third-order valence-corrected chi connectivity index (χ3v) is 6.37. The molecule has 2 heterocycles. The number of carbonyl (C=O) groups excluding carboxylic acids is 1. The number of hydrogen-bond acceptors (Lipinski definition) is 4. The minimum absolute atomic E-state index is 0.00111. The maximum atomic E-state index is 12.7. The van der Waals surface area contributed by atoms with Gasteiger partial charge < -0.3 is 19.7 Å². The Morgan fingerprint density at radius 1 is 1.10 bits per heavy atom. The van der Waals surface area contributed by atoms with Crippen molar-refractivity contribution in [2.45, 2.75) is 45.7 Å². The number of benzene rings is 2. The number of carbonyl (C=O) groups is 1. The molecule has 162 valence electrons. The Bertz CT molecular complexity index is 1150. The summed E-state index contributed by atoms with van der Waals surface area (Å²) in [6.07, 6.45) is 1.86. The fourth-order valence-electron chi connectivity index (χ4n) is 4.45. The van der Waals surface area contributed by atoms with Gasteiger partial charge in [0.15, 0.2) is 0 Å². The number of rotatable bonds is 5. The van der Waals surface area contributed by atoms with Crippen LogP contribution in [0.4, 0.5) is 0 Å². The number of amides is 1. The number of aromatic hydroxyl groups is 1. The van der Waals surface area contributed by atoms with E-state index >= 15 is 0 Å². The smallest absolute Gasteiger partial charge is 0.340 e. The molecule has 6 heteroatoms.